The molecule has 2 aromatic heterocycles. The van der Waals surface area contributed by atoms with Gasteiger partial charge in [-0.05, 0) is 37.5 Å². The largest absolute Gasteiger partial charge is 0.513 e. The lowest BCUT2D eigenvalue weighted by molar-refractivity contribution is -0.155. The zero-order chi connectivity index (χ0) is 28.4. The molecule has 2 aliphatic heterocycles. The Kier molecular flexibility index (Phi) is 8.10. The summed E-state index contributed by atoms with van der Waals surface area (Å²) in [6, 6.07) is 6.23. The molecule has 2 aliphatic rings. The zero-order valence-electron chi connectivity index (χ0n) is 21.8. The van der Waals surface area contributed by atoms with Gasteiger partial charge in [-0.1, -0.05) is 12.1 Å². The van der Waals surface area contributed by atoms with Crippen LogP contribution >= 0.6 is 11.3 Å². The maximum absolute atomic E-state index is 12.9. The van der Waals surface area contributed by atoms with Gasteiger partial charge >= 0.3 is 12.3 Å². The molecule has 14 heteroatoms. The maximum atomic E-state index is 12.9. The predicted octanol–water partition coefficient (Wildman–Crippen LogP) is 4.96. The molecule has 1 amide bonds. The Balaban J connectivity index is 1.16. The Morgan fingerprint density at radius 1 is 1.18 bits per heavy atom. The molecule has 5 rings (SSSR count). The van der Waals surface area contributed by atoms with E-state index in [0.717, 1.165) is 21.3 Å². The fourth-order valence-corrected chi connectivity index (χ4v) is 5.68. The second kappa shape index (κ2) is 11.6. The molecule has 0 N–H and O–H groups in total. The molecule has 40 heavy (non-hydrogen) atoms. The normalized spacial score (nSPS) is 18.2. The summed E-state index contributed by atoms with van der Waals surface area (Å²) >= 11 is 1.49. The summed E-state index contributed by atoms with van der Waals surface area (Å²) in [6.07, 6.45) is -4.72. The molecule has 1 fully saturated rings. The summed E-state index contributed by atoms with van der Waals surface area (Å²) < 4.78 is 61.7. The lowest BCUT2D eigenvalue weighted by atomic mass is 9.97. The van der Waals surface area contributed by atoms with Crippen LogP contribution in [-0.2, 0) is 44.9 Å². The Bertz CT molecular complexity index is 1380. The third-order valence-corrected chi connectivity index (χ3v) is 7.92. The Labute approximate surface area is 231 Å². The Morgan fingerprint density at radius 3 is 2.62 bits per heavy atom. The second-order valence-corrected chi connectivity index (χ2v) is 10.4. The van der Waals surface area contributed by atoms with Crippen LogP contribution < -0.4 is 4.74 Å². The average molecular weight is 581 g/mol. The third-order valence-electron chi connectivity index (χ3n) is 6.89. The van der Waals surface area contributed by atoms with Crippen LogP contribution in [0.4, 0.5) is 18.0 Å². The first kappa shape index (κ1) is 28.1. The van der Waals surface area contributed by atoms with Gasteiger partial charge in [0, 0.05) is 35.6 Å². The topological polar surface area (TPSA) is 105 Å². The van der Waals surface area contributed by atoms with Crippen molar-refractivity contribution in [3.8, 4) is 5.75 Å². The van der Waals surface area contributed by atoms with Crippen molar-refractivity contribution in [1.29, 1.82) is 0 Å². The van der Waals surface area contributed by atoms with Gasteiger partial charge in [-0.3, -0.25) is 9.48 Å². The molecule has 0 bridgehead atoms. The summed E-state index contributed by atoms with van der Waals surface area (Å²) in [5, 5.41) is 6.34. The molecule has 1 unspecified atom stereocenters. The van der Waals surface area contributed by atoms with Crippen LogP contribution in [0.2, 0.25) is 0 Å². The fraction of sp³-hybridized carbons (Fsp3) is 0.462. The molecule has 10 nitrogen and oxygen atoms in total. The number of thiazole rings is 1. The number of amides is 1. The van der Waals surface area contributed by atoms with Crippen molar-refractivity contribution in [2.75, 3.05) is 20.2 Å². The number of likely N-dealkylation sites (tertiary alicyclic amines) is 1. The van der Waals surface area contributed by atoms with Crippen molar-refractivity contribution < 1.29 is 41.7 Å². The number of hydrogen-bond donors (Lipinski definition) is 0. The van der Waals surface area contributed by atoms with E-state index in [4.69, 9.17) is 19.2 Å². The van der Waals surface area contributed by atoms with Crippen molar-refractivity contribution in [1.82, 2.24) is 19.7 Å². The SMILES string of the molecule is COC(=O)Oc1cccc2c1COC(c1csc(C3CCN(C(=O)Cn4nc(C(F)(F)F)cc4C)CC3)n1)OC2. The zero-order valence-corrected chi connectivity index (χ0v) is 22.6. The van der Waals surface area contributed by atoms with Gasteiger partial charge in [0.2, 0.25) is 12.2 Å². The number of ether oxygens (including phenoxy) is 4. The molecule has 3 aromatic rings. The second-order valence-electron chi connectivity index (χ2n) is 9.50. The molecular formula is C26H27F3N4O6S. The number of benzene rings is 1. The van der Waals surface area contributed by atoms with Crippen LogP contribution in [0, 0.1) is 6.92 Å². The monoisotopic (exact) mass is 580 g/mol. The number of hydrogen-bond acceptors (Lipinski definition) is 9. The Morgan fingerprint density at radius 2 is 1.93 bits per heavy atom. The highest BCUT2D eigenvalue weighted by molar-refractivity contribution is 7.09. The fourth-order valence-electron chi connectivity index (χ4n) is 4.69. The van der Waals surface area contributed by atoms with E-state index >= 15 is 0 Å². The van der Waals surface area contributed by atoms with E-state index < -0.39 is 24.3 Å². The van der Waals surface area contributed by atoms with Crippen LogP contribution in [-0.4, -0.2) is 51.9 Å². The van der Waals surface area contributed by atoms with Crippen molar-refractivity contribution >= 4 is 23.4 Å². The molecule has 1 aromatic carbocycles. The third kappa shape index (κ3) is 6.13. The van der Waals surface area contributed by atoms with E-state index in [1.54, 1.807) is 17.0 Å². The number of methoxy groups -OCH3 is 1. The maximum Gasteiger partial charge on any atom is 0.513 e. The number of aryl methyl sites for hydroxylation is 1. The lowest BCUT2D eigenvalue weighted by Gasteiger charge is -2.31. The van der Waals surface area contributed by atoms with Crippen LogP contribution in [0.5, 0.6) is 5.75 Å². The van der Waals surface area contributed by atoms with Crippen molar-refractivity contribution in [2.24, 2.45) is 0 Å². The summed E-state index contributed by atoms with van der Waals surface area (Å²) in [7, 11) is 1.24. The van der Waals surface area contributed by atoms with Crippen molar-refractivity contribution in [2.45, 2.75) is 57.9 Å². The highest BCUT2D eigenvalue weighted by Gasteiger charge is 2.35. The highest BCUT2D eigenvalue weighted by Crippen LogP contribution is 2.36. The minimum Gasteiger partial charge on any atom is -0.437 e. The van der Waals surface area contributed by atoms with E-state index in [2.05, 4.69) is 9.84 Å². The van der Waals surface area contributed by atoms with E-state index in [0.29, 0.717) is 42.9 Å². The van der Waals surface area contributed by atoms with Gasteiger partial charge in [-0.15, -0.1) is 11.3 Å². The number of fused-ring (bicyclic) bond motifs is 1. The van der Waals surface area contributed by atoms with Gasteiger partial charge in [0.15, 0.2) is 5.69 Å². The molecule has 0 saturated carbocycles. The van der Waals surface area contributed by atoms with Crippen LogP contribution in [0.15, 0.2) is 29.6 Å². The molecule has 1 saturated heterocycles. The molecule has 214 valence electrons. The first-order valence-electron chi connectivity index (χ1n) is 12.6. The summed E-state index contributed by atoms with van der Waals surface area (Å²) in [5.41, 5.74) is 1.44. The van der Waals surface area contributed by atoms with Gasteiger partial charge in [0.05, 0.1) is 25.3 Å². The summed E-state index contributed by atoms with van der Waals surface area (Å²) in [5.74, 6) is 0.208. The minimum atomic E-state index is -4.55. The van der Waals surface area contributed by atoms with E-state index in [1.807, 2.05) is 11.4 Å². The number of carbonyl (C=O) groups is 2. The number of rotatable bonds is 5. The van der Waals surface area contributed by atoms with Gasteiger partial charge in [0.25, 0.3) is 0 Å². The van der Waals surface area contributed by atoms with E-state index in [9.17, 15) is 22.8 Å². The number of carbonyl (C=O) groups excluding carboxylic acids is 2. The Hall–Kier alpha value is -3.49. The van der Waals surface area contributed by atoms with Crippen LogP contribution in [0.25, 0.3) is 0 Å². The number of nitrogens with zero attached hydrogens (tertiary/aromatic N) is 4. The number of alkyl halides is 3. The summed E-state index contributed by atoms with van der Waals surface area (Å²) in [6.45, 7) is 2.60. The number of aromatic nitrogens is 3. The molecular weight excluding hydrogens is 553 g/mol. The molecule has 0 aliphatic carbocycles. The number of piperidine rings is 1. The lowest BCUT2D eigenvalue weighted by Crippen LogP contribution is -2.40. The predicted molar refractivity (Wildman–Crippen MR) is 134 cm³/mol. The average Bonchev–Trinajstić information content (AvgIpc) is 3.50. The highest BCUT2D eigenvalue weighted by atomic mass is 32.1. The molecule has 1 atom stereocenters. The van der Waals surface area contributed by atoms with E-state index in [-0.39, 0.29) is 37.3 Å². The first-order valence-corrected chi connectivity index (χ1v) is 13.4. The van der Waals surface area contributed by atoms with Gasteiger partial charge in [-0.2, -0.15) is 18.3 Å². The van der Waals surface area contributed by atoms with Gasteiger partial charge in [0.1, 0.15) is 18.0 Å². The quantitative estimate of drug-likeness (QED) is 0.308. The van der Waals surface area contributed by atoms with Crippen molar-refractivity contribution in [3.63, 3.8) is 0 Å². The van der Waals surface area contributed by atoms with E-state index in [1.165, 1.54) is 25.4 Å². The number of halogens is 3. The first-order chi connectivity index (χ1) is 19.1. The molecule has 0 spiro atoms. The van der Waals surface area contributed by atoms with Crippen LogP contribution in [0.1, 0.15) is 58.3 Å². The van der Waals surface area contributed by atoms with Crippen molar-refractivity contribution in [3.05, 3.63) is 62.9 Å². The minimum absolute atomic E-state index is 0.133. The van der Waals surface area contributed by atoms with Gasteiger partial charge in [-0.25, -0.2) is 9.78 Å². The summed E-state index contributed by atoms with van der Waals surface area (Å²) in [4.78, 5) is 30.8. The molecule has 0 radical (unpaired) electrons. The van der Waals surface area contributed by atoms with Crippen LogP contribution in [0.3, 0.4) is 0 Å². The molecule has 4 heterocycles. The standard InChI is InChI=1S/C26H27F3N4O6S/c1-15-10-21(26(27,28)29)31-33(15)11-22(34)32-8-6-16(7-9-32)23-30-19(14-40-23)24-37-12-17-4-3-5-20(18(17)13-38-24)39-25(35)36-2/h3-5,10,14,16,24H,6-9,11-13H2,1-2H3. The van der Waals surface area contributed by atoms with Gasteiger partial charge < -0.3 is 23.8 Å². The smallest absolute Gasteiger partial charge is 0.437 e.